The average molecular weight is 332 g/mol. The zero-order valence-electron chi connectivity index (χ0n) is 12.8. The third-order valence-corrected chi connectivity index (χ3v) is 4.12. The lowest BCUT2D eigenvalue weighted by Gasteiger charge is -2.05. The Labute approximate surface area is 136 Å². The van der Waals surface area contributed by atoms with Gasteiger partial charge in [0, 0.05) is 25.5 Å². The number of carbonyl (C=O) groups excluding carboxylic acids is 1. The molecule has 1 N–H and O–H groups in total. The van der Waals surface area contributed by atoms with Gasteiger partial charge in [-0.05, 0) is 13.8 Å². The summed E-state index contributed by atoms with van der Waals surface area (Å²) < 4.78 is 11.9. The summed E-state index contributed by atoms with van der Waals surface area (Å²) in [5.74, 6) is -0.234. The lowest BCUT2D eigenvalue weighted by Crippen LogP contribution is -2.28. The van der Waals surface area contributed by atoms with E-state index < -0.39 is 0 Å². The van der Waals surface area contributed by atoms with Gasteiger partial charge in [0.25, 0.3) is 5.91 Å². The number of nitrogens with one attached hydrogen (secondary N) is 1. The molecule has 0 aliphatic rings. The standard InChI is InChI=1S/C13H16N8OS/c1-9-11(18-23-17-9)7-21-10(2)12(16-19-21)13(22)15-4-6-20-5-3-14-8-20/h3,5,8H,4,6-7H2,1-2H3,(H,15,22). The van der Waals surface area contributed by atoms with E-state index in [0.717, 1.165) is 11.4 Å². The Kier molecular flexibility index (Phi) is 4.42. The van der Waals surface area contributed by atoms with Gasteiger partial charge in [0.15, 0.2) is 5.69 Å². The van der Waals surface area contributed by atoms with Crippen molar-refractivity contribution in [1.82, 2.24) is 38.6 Å². The number of hydrogen-bond acceptors (Lipinski definition) is 7. The summed E-state index contributed by atoms with van der Waals surface area (Å²) in [5.41, 5.74) is 2.75. The van der Waals surface area contributed by atoms with Crippen molar-refractivity contribution in [2.24, 2.45) is 0 Å². The van der Waals surface area contributed by atoms with Crippen LogP contribution >= 0.6 is 11.7 Å². The van der Waals surface area contributed by atoms with E-state index in [1.54, 1.807) is 17.2 Å². The third kappa shape index (κ3) is 3.42. The maximum atomic E-state index is 12.2. The summed E-state index contributed by atoms with van der Waals surface area (Å²) in [7, 11) is 0. The summed E-state index contributed by atoms with van der Waals surface area (Å²) in [4.78, 5) is 16.2. The van der Waals surface area contributed by atoms with Gasteiger partial charge < -0.3 is 9.88 Å². The van der Waals surface area contributed by atoms with Crippen LogP contribution in [0, 0.1) is 13.8 Å². The van der Waals surface area contributed by atoms with E-state index >= 15 is 0 Å². The second-order valence-electron chi connectivity index (χ2n) is 5.03. The molecule has 3 aromatic heterocycles. The summed E-state index contributed by atoms with van der Waals surface area (Å²) in [5, 5.41) is 10.8. The highest BCUT2D eigenvalue weighted by atomic mass is 32.1. The molecule has 0 fully saturated rings. The van der Waals surface area contributed by atoms with E-state index in [2.05, 4.69) is 29.4 Å². The highest BCUT2D eigenvalue weighted by Gasteiger charge is 2.17. The molecule has 0 spiro atoms. The molecule has 0 aromatic carbocycles. The minimum atomic E-state index is -0.234. The fourth-order valence-electron chi connectivity index (χ4n) is 2.06. The zero-order chi connectivity index (χ0) is 16.2. The van der Waals surface area contributed by atoms with Crippen LogP contribution in [-0.2, 0) is 13.1 Å². The van der Waals surface area contributed by atoms with Gasteiger partial charge in [-0.15, -0.1) is 5.10 Å². The van der Waals surface area contributed by atoms with Crippen molar-refractivity contribution in [2.45, 2.75) is 26.9 Å². The van der Waals surface area contributed by atoms with Crippen LogP contribution in [0.15, 0.2) is 18.7 Å². The van der Waals surface area contributed by atoms with E-state index in [1.807, 2.05) is 24.6 Å². The molecule has 0 atom stereocenters. The third-order valence-electron chi connectivity index (χ3n) is 3.46. The molecular formula is C13H16N8OS. The second-order valence-corrected chi connectivity index (χ2v) is 5.56. The van der Waals surface area contributed by atoms with Gasteiger partial charge in [0.05, 0.1) is 41.7 Å². The molecule has 0 saturated carbocycles. The molecule has 23 heavy (non-hydrogen) atoms. The SMILES string of the molecule is Cc1nsnc1Cn1nnc(C(=O)NCCn2ccnc2)c1C. The van der Waals surface area contributed by atoms with Crippen molar-refractivity contribution in [2.75, 3.05) is 6.54 Å². The molecule has 0 bridgehead atoms. The summed E-state index contributed by atoms with van der Waals surface area (Å²) in [6.45, 7) is 5.33. The van der Waals surface area contributed by atoms with Gasteiger partial charge >= 0.3 is 0 Å². The summed E-state index contributed by atoms with van der Waals surface area (Å²) in [6.07, 6.45) is 5.25. The van der Waals surface area contributed by atoms with Crippen LogP contribution in [0.3, 0.4) is 0 Å². The topological polar surface area (TPSA) is 103 Å². The number of aryl methyl sites for hydroxylation is 1. The first-order valence-electron chi connectivity index (χ1n) is 7.07. The molecule has 10 heteroatoms. The van der Waals surface area contributed by atoms with Crippen molar-refractivity contribution >= 4 is 17.6 Å². The van der Waals surface area contributed by atoms with Crippen molar-refractivity contribution in [3.63, 3.8) is 0 Å². The van der Waals surface area contributed by atoms with Crippen molar-refractivity contribution in [3.05, 3.63) is 41.5 Å². The van der Waals surface area contributed by atoms with Crippen LogP contribution in [0.4, 0.5) is 0 Å². The number of carbonyl (C=O) groups is 1. The van der Waals surface area contributed by atoms with Crippen molar-refractivity contribution in [3.8, 4) is 0 Å². The number of aromatic nitrogens is 7. The monoisotopic (exact) mass is 332 g/mol. The smallest absolute Gasteiger partial charge is 0.273 e. The highest BCUT2D eigenvalue weighted by Crippen LogP contribution is 2.09. The van der Waals surface area contributed by atoms with Gasteiger partial charge in [-0.25, -0.2) is 9.67 Å². The van der Waals surface area contributed by atoms with Crippen LogP contribution in [0.2, 0.25) is 0 Å². The molecule has 9 nitrogen and oxygen atoms in total. The molecule has 3 rings (SSSR count). The van der Waals surface area contributed by atoms with Gasteiger partial charge in [-0.1, -0.05) is 5.21 Å². The predicted molar refractivity (Wildman–Crippen MR) is 83.1 cm³/mol. The number of imidazole rings is 1. The van der Waals surface area contributed by atoms with Crippen LogP contribution in [0.5, 0.6) is 0 Å². The number of hydrogen-bond donors (Lipinski definition) is 1. The van der Waals surface area contributed by atoms with Crippen LogP contribution in [0.25, 0.3) is 0 Å². The fourth-order valence-corrected chi connectivity index (χ4v) is 2.61. The minimum Gasteiger partial charge on any atom is -0.349 e. The van der Waals surface area contributed by atoms with Gasteiger partial charge in [-0.2, -0.15) is 8.75 Å². The first kappa shape index (κ1) is 15.3. The minimum absolute atomic E-state index is 0.234. The van der Waals surface area contributed by atoms with Crippen molar-refractivity contribution in [1.29, 1.82) is 0 Å². The molecule has 0 aliphatic carbocycles. The van der Waals surface area contributed by atoms with Gasteiger partial charge in [-0.3, -0.25) is 4.79 Å². The second kappa shape index (κ2) is 6.65. The fraction of sp³-hybridized carbons (Fsp3) is 0.385. The maximum absolute atomic E-state index is 12.2. The van der Waals surface area contributed by atoms with Crippen LogP contribution in [0.1, 0.15) is 27.6 Å². The Bertz CT molecular complexity index is 791. The van der Waals surface area contributed by atoms with E-state index in [-0.39, 0.29) is 5.91 Å². The van der Waals surface area contributed by atoms with Crippen LogP contribution in [-0.4, -0.2) is 45.7 Å². The first-order chi connectivity index (χ1) is 11.1. The normalized spacial score (nSPS) is 10.9. The Hall–Kier alpha value is -2.62. The lowest BCUT2D eigenvalue weighted by molar-refractivity contribution is 0.0946. The van der Waals surface area contributed by atoms with Gasteiger partial charge in [0.1, 0.15) is 0 Å². The molecule has 120 valence electrons. The molecule has 3 heterocycles. The van der Waals surface area contributed by atoms with E-state index in [9.17, 15) is 4.79 Å². The zero-order valence-corrected chi connectivity index (χ0v) is 13.6. The quantitative estimate of drug-likeness (QED) is 0.702. The molecule has 0 aliphatic heterocycles. The van der Waals surface area contributed by atoms with Gasteiger partial charge in [0.2, 0.25) is 0 Å². The Morgan fingerprint density at radius 3 is 2.91 bits per heavy atom. The summed E-state index contributed by atoms with van der Waals surface area (Å²) in [6, 6.07) is 0. The molecule has 1 amide bonds. The Morgan fingerprint density at radius 2 is 2.22 bits per heavy atom. The first-order valence-corrected chi connectivity index (χ1v) is 7.80. The average Bonchev–Trinajstić information content (AvgIpc) is 3.24. The highest BCUT2D eigenvalue weighted by molar-refractivity contribution is 6.99. The number of nitrogens with zero attached hydrogens (tertiary/aromatic N) is 7. The summed E-state index contributed by atoms with van der Waals surface area (Å²) >= 11 is 1.17. The van der Waals surface area contributed by atoms with Crippen LogP contribution < -0.4 is 5.32 Å². The molecule has 0 saturated heterocycles. The molecule has 3 aromatic rings. The molecule has 0 radical (unpaired) electrons. The lowest BCUT2D eigenvalue weighted by atomic mass is 10.3. The van der Waals surface area contributed by atoms with E-state index in [0.29, 0.717) is 31.0 Å². The largest absolute Gasteiger partial charge is 0.349 e. The van der Waals surface area contributed by atoms with E-state index in [4.69, 9.17) is 0 Å². The maximum Gasteiger partial charge on any atom is 0.273 e. The predicted octanol–water partition coefficient (Wildman–Crippen LogP) is 0.421. The molecular weight excluding hydrogens is 316 g/mol. The number of rotatable bonds is 6. The van der Waals surface area contributed by atoms with Crippen molar-refractivity contribution < 1.29 is 4.79 Å². The Morgan fingerprint density at radius 1 is 1.35 bits per heavy atom. The van der Waals surface area contributed by atoms with E-state index in [1.165, 1.54) is 11.7 Å². The number of amides is 1. The molecule has 0 unspecified atom stereocenters. The Balaban J connectivity index is 1.61.